The maximum atomic E-state index is 13.6. The average Bonchev–Trinajstić information content (AvgIpc) is 2.77. The van der Waals surface area contributed by atoms with Crippen LogP contribution < -0.4 is 0 Å². The van der Waals surface area contributed by atoms with E-state index in [-0.39, 0.29) is 5.91 Å². The van der Waals surface area contributed by atoms with Gasteiger partial charge in [0.1, 0.15) is 6.04 Å². The van der Waals surface area contributed by atoms with Crippen molar-refractivity contribution in [1.29, 1.82) is 0 Å². The lowest BCUT2D eigenvalue weighted by Gasteiger charge is -2.40. The number of hydrogen-bond donors (Lipinski definition) is 0. The summed E-state index contributed by atoms with van der Waals surface area (Å²) in [5.74, 6) is 0.0992. The van der Waals surface area contributed by atoms with Crippen LogP contribution in [0.4, 0.5) is 0 Å². The smallest absolute Gasteiger partial charge is 0.244 e. The van der Waals surface area contributed by atoms with E-state index < -0.39 is 6.04 Å². The van der Waals surface area contributed by atoms with Crippen molar-refractivity contribution >= 4 is 29.1 Å². The molecule has 6 nitrogen and oxygen atoms in total. The molecule has 1 aromatic heterocycles. The summed E-state index contributed by atoms with van der Waals surface area (Å²) in [4.78, 5) is 24.3. The van der Waals surface area contributed by atoms with Crippen molar-refractivity contribution in [2.45, 2.75) is 12.6 Å². The quantitative estimate of drug-likeness (QED) is 0.702. The van der Waals surface area contributed by atoms with Crippen molar-refractivity contribution < 1.29 is 9.53 Å². The number of nitrogens with zero attached hydrogens (tertiary/aromatic N) is 4. The van der Waals surface area contributed by atoms with Crippen LogP contribution in [0.25, 0.3) is 0 Å². The highest BCUT2D eigenvalue weighted by molar-refractivity contribution is 6.35. The minimum absolute atomic E-state index is 0.0992. The molecule has 1 aromatic carbocycles. The highest BCUT2D eigenvalue weighted by Crippen LogP contribution is 2.32. The third kappa shape index (κ3) is 5.13. The Kier molecular flexibility index (Phi) is 7.23. The van der Waals surface area contributed by atoms with Crippen LogP contribution in [-0.2, 0) is 16.1 Å². The molecule has 30 heavy (non-hydrogen) atoms. The van der Waals surface area contributed by atoms with Gasteiger partial charge in [-0.25, -0.2) is 0 Å². The van der Waals surface area contributed by atoms with E-state index in [4.69, 9.17) is 27.9 Å². The molecule has 160 valence electrons. The van der Waals surface area contributed by atoms with E-state index in [9.17, 15) is 4.79 Å². The minimum Gasteiger partial charge on any atom is -0.379 e. The Balaban J connectivity index is 1.46. The van der Waals surface area contributed by atoms with Crippen molar-refractivity contribution in [3.05, 3.63) is 63.9 Å². The molecule has 2 aliphatic rings. The zero-order valence-electron chi connectivity index (χ0n) is 16.8. The second-order valence-electron chi connectivity index (χ2n) is 7.68. The fourth-order valence-corrected chi connectivity index (χ4v) is 4.61. The summed E-state index contributed by atoms with van der Waals surface area (Å²) in [6, 6.07) is 9.02. The molecule has 2 aliphatic heterocycles. The largest absolute Gasteiger partial charge is 0.379 e. The Morgan fingerprint density at radius 3 is 2.50 bits per heavy atom. The first-order valence-electron chi connectivity index (χ1n) is 10.3. The summed E-state index contributed by atoms with van der Waals surface area (Å²) < 4.78 is 5.50. The highest BCUT2D eigenvalue weighted by Gasteiger charge is 2.35. The molecule has 2 fully saturated rings. The van der Waals surface area contributed by atoms with Crippen LogP contribution in [0.3, 0.4) is 0 Å². The Labute approximate surface area is 187 Å². The molecule has 0 spiro atoms. The van der Waals surface area contributed by atoms with Gasteiger partial charge in [-0.05, 0) is 29.3 Å². The van der Waals surface area contributed by atoms with Gasteiger partial charge in [-0.2, -0.15) is 0 Å². The molecule has 2 saturated heterocycles. The summed E-state index contributed by atoms with van der Waals surface area (Å²) >= 11 is 12.6. The summed E-state index contributed by atoms with van der Waals surface area (Å²) in [6.07, 6.45) is 3.68. The molecule has 1 amide bonds. The monoisotopic (exact) mass is 448 g/mol. The number of rotatable bonds is 5. The lowest BCUT2D eigenvalue weighted by atomic mass is 10.0. The molecule has 3 heterocycles. The zero-order valence-corrected chi connectivity index (χ0v) is 18.4. The molecule has 8 heteroatoms. The van der Waals surface area contributed by atoms with Crippen molar-refractivity contribution in [3.63, 3.8) is 0 Å². The van der Waals surface area contributed by atoms with E-state index in [1.807, 2.05) is 23.2 Å². The van der Waals surface area contributed by atoms with Gasteiger partial charge in [-0.3, -0.25) is 19.6 Å². The molecule has 2 aromatic rings. The van der Waals surface area contributed by atoms with Crippen molar-refractivity contribution in [2.24, 2.45) is 0 Å². The molecule has 0 bridgehead atoms. The van der Waals surface area contributed by atoms with Crippen molar-refractivity contribution in [1.82, 2.24) is 19.7 Å². The van der Waals surface area contributed by atoms with E-state index in [0.29, 0.717) is 49.4 Å². The first-order valence-corrected chi connectivity index (χ1v) is 11.0. The predicted molar refractivity (Wildman–Crippen MR) is 118 cm³/mol. The van der Waals surface area contributed by atoms with Crippen LogP contribution in [0.1, 0.15) is 17.2 Å². The third-order valence-corrected chi connectivity index (χ3v) is 6.28. The van der Waals surface area contributed by atoms with Crippen molar-refractivity contribution in [2.75, 3.05) is 52.5 Å². The number of ether oxygens (including phenoxy) is 1. The topological polar surface area (TPSA) is 48.9 Å². The molecular weight excluding hydrogens is 423 g/mol. The number of piperazine rings is 1. The normalized spacial score (nSPS) is 19.6. The first kappa shape index (κ1) is 21.5. The molecule has 4 rings (SSSR count). The SMILES string of the molecule is O=C([C@@H](c1ccc(Cl)cc1Cl)N1CCOCC1)N1CCN(Cc2cccnc2)CC1. The van der Waals surface area contributed by atoms with Crippen LogP contribution in [0, 0.1) is 0 Å². The van der Waals surface area contributed by atoms with Gasteiger partial charge < -0.3 is 9.64 Å². The summed E-state index contributed by atoms with van der Waals surface area (Å²) in [5.41, 5.74) is 2.00. The number of pyridine rings is 1. The van der Waals surface area contributed by atoms with E-state index in [1.54, 1.807) is 18.3 Å². The minimum atomic E-state index is -0.413. The van der Waals surface area contributed by atoms with Crippen LogP contribution in [0.5, 0.6) is 0 Å². The number of carbonyl (C=O) groups excluding carboxylic acids is 1. The number of benzene rings is 1. The lowest BCUT2D eigenvalue weighted by molar-refractivity contribution is -0.141. The Bertz CT molecular complexity index is 853. The Morgan fingerprint density at radius 2 is 1.83 bits per heavy atom. The van der Waals surface area contributed by atoms with Gasteiger partial charge in [-0.1, -0.05) is 35.3 Å². The number of hydrogen-bond acceptors (Lipinski definition) is 5. The molecule has 1 atom stereocenters. The van der Waals surface area contributed by atoms with Crippen LogP contribution in [0.2, 0.25) is 10.0 Å². The predicted octanol–water partition coefficient (Wildman–Crippen LogP) is 3.11. The van der Waals surface area contributed by atoms with Gasteiger partial charge in [0, 0.05) is 68.3 Å². The molecule has 0 N–H and O–H groups in total. The number of amides is 1. The maximum Gasteiger partial charge on any atom is 0.244 e. The fraction of sp³-hybridized carbons (Fsp3) is 0.455. The first-order chi connectivity index (χ1) is 14.6. The van der Waals surface area contributed by atoms with Gasteiger partial charge in [0.05, 0.1) is 13.2 Å². The number of carbonyl (C=O) groups is 1. The molecule has 0 aliphatic carbocycles. The third-order valence-electron chi connectivity index (χ3n) is 5.71. The van der Waals surface area contributed by atoms with Gasteiger partial charge >= 0.3 is 0 Å². The van der Waals surface area contributed by atoms with Crippen LogP contribution in [0.15, 0.2) is 42.7 Å². The van der Waals surface area contributed by atoms with Crippen molar-refractivity contribution in [3.8, 4) is 0 Å². The lowest BCUT2D eigenvalue weighted by Crippen LogP contribution is -2.53. The highest BCUT2D eigenvalue weighted by atomic mass is 35.5. The standard InChI is InChI=1S/C22H26Cl2N4O2/c23-18-3-4-19(20(24)14-18)21(27-10-12-30-13-11-27)22(29)28-8-6-26(7-9-28)16-17-2-1-5-25-15-17/h1-5,14-15,21H,6-13,16H2/t21-/m1/s1. The fourth-order valence-electron chi connectivity index (χ4n) is 4.09. The second-order valence-corrected chi connectivity index (χ2v) is 8.52. The zero-order chi connectivity index (χ0) is 20.9. The van der Waals surface area contributed by atoms with Gasteiger partial charge in [0.2, 0.25) is 5.91 Å². The van der Waals surface area contributed by atoms with E-state index in [2.05, 4.69) is 20.9 Å². The van der Waals surface area contributed by atoms with E-state index >= 15 is 0 Å². The van der Waals surface area contributed by atoms with Crippen LogP contribution in [-0.4, -0.2) is 78.1 Å². The molecule has 0 radical (unpaired) electrons. The Hall–Kier alpha value is -1.70. The van der Waals surface area contributed by atoms with Gasteiger partial charge in [0.15, 0.2) is 0 Å². The van der Waals surface area contributed by atoms with E-state index in [1.165, 1.54) is 5.56 Å². The number of morpholine rings is 1. The number of aromatic nitrogens is 1. The number of halogens is 2. The Morgan fingerprint density at radius 1 is 1.07 bits per heavy atom. The summed E-state index contributed by atoms with van der Waals surface area (Å²) in [7, 11) is 0. The summed E-state index contributed by atoms with van der Waals surface area (Å²) in [5, 5.41) is 1.10. The van der Waals surface area contributed by atoms with E-state index in [0.717, 1.165) is 25.2 Å². The average molecular weight is 449 g/mol. The molecule has 0 saturated carbocycles. The van der Waals surface area contributed by atoms with Crippen LogP contribution >= 0.6 is 23.2 Å². The summed E-state index contributed by atoms with van der Waals surface area (Å²) in [6.45, 7) is 6.58. The molecular formula is C22H26Cl2N4O2. The van der Waals surface area contributed by atoms with Gasteiger partial charge in [-0.15, -0.1) is 0 Å². The second kappa shape index (κ2) is 10.1. The maximum absolute atomic E-state index is 13.6. The molecule has 0 unspecified atom stereocenters. The van der Waals surface area contributed by atoms with Gasteiger partial charge in [0.25, 0.3) is 0 Å².